The molecular weight excluding hydrogens is 288 g/mol. The highest BCUT2D eigenvalue weighted by Gasteiger charge is 2.21. The lowest BCUT2D eigenvalue weighted by molar-refractivity contribution is 0.0992. The van der Waals surface area contributed by atoms with E-state index in [1.807, 2.05) is 31.2 Å². The van der Waals surface area contributed by atoms with Crippen LogP contribution >= 0.6 is 11.3 Å². The number of hydrogen-bond donors (Lipinski definition) is 1. The van der Waals surface area contributed by atoms with Crippen LogP contribution in [-0.4, -0.2) is 18.0 Å². The fourth-order valence-electron chi connectivity index (χ4n) is 2.14. The van der Waals surface area contributed by atoms with Gasteiger partial charge >= 0.3 is 0 Å². The number of hydrogen-bond acceptors (Lipinski definition) is 5. The van der Waals surface area contributed by atoms with E-state index in [9.17, 15) is 4.79 Å². The second-order valence-corrected chi connectivity index (χ2v) is 5.80. The summed E-state index contributed by atoms with van der Waals surface area (Å²) in [5.74, 6) is -0.0431. The van der Waals surface area contributed by atoms with Gasteiger partial charge in [0.15, 0.2) is 10.9 Å². The maximum absolute atomic E-state index is 12.4. The Kier molecular flexibility index (Phi) is 3.72. The van der Waals surface area contributed by atoms with Crippen LogP contribution in [0.1, 0.15) is 21.0 Å². The van der Waals surface area contributed by atoms with Gasteiger partial charge in [-0.2, -0.15) is 0 Å². The first-order valence-corrected chi connectivity index (χ1v) is 7.24. The lowest BCUT2D eigenvalue weighted by Gasteiger charge is -2.02. The number of anilines is 1. The topological polar surface area (TPSA) is 64.4 Å². The van der Waals surface area contributed by atoms with Crippen molar-refractivity contribution in [2.24, 2.45) is 0 Å². The van der Waals surface area contributed by atoms with Crippen molar-refractivity contribution < 1.29 is 13.9 Å². The van der Waals surface area contributed by atoms with Crippen molar-refractivity contribution in [1.82, 2.24) is 4.98 Å². The molecule has 0 spiro atoms. The number of carbonyl (C=O) groups excluding carboxylic acids is 1. The Labute approximate surface area is 125 Å². The van der Waals surface area contributed by atoms with Crippen molar-refractivity contribution in [1.29, 1.82) is 0 Å². The molecule has 5 nitrogen and oxygen atoms in total. The van der Waals surface area contributed by atoms with Crippen LogP contribution in [0.3, 0.4) is 0 Å². The highest BCUT2D eigenvalue weighted by atomic mass is 32.1. The molecule has 0 fully saturated rings. The monoisotopic (exact) mass is 302 g/mol. The number of ether oxygens (including phenoxy) is 1. The molecule has 21 heavy (non-hydrogen) atoms. The number of nitrogens with one attached hydrogen (secondary N) is 1. The third-order valence-electron chi connectivity index (χ3n) is 3.03. The van der Waals surface area contributed by atoms with Gasteiger partial charge in [-0.15, -0.1) is 11.3 Å². The molecule has 108 valence electrons. The minimum Gasteiger partial charge on any atom is -0.451 e. The summed E-state index contributed by atoms with van der Waals surface area (Å²) >= 11 is 1.42. The van der Waals surface area contributed by atoms with Gasteiger partial charge in [-0.3, -0.25) is 10.1 Å². The smallest absolute Gasteiger partial charge is 0.293 e. The Hall–Kier alpha value is -2.18. The molecule has 0 radical (unpaired) electrons. The number of methoxy groups -OCH3 is 1. The number of para-hydroxylation sites is 1. The minimum atomic E-state index is -0.312. The molecule has 0 bridgehead atoms. The van der Waals surface area contributed by atoms with Crippen LogP contribution in [0.5, 0.6) is 0 Å². The third-order valence-corrected chi connectivity index (χ3v) is 3.86. The zero-order valence-corrected chi connectivity index (χ0v) is 12.5. The van der Waals surface area contributed by atoms with Gasteiger partial charge in [0.25, 0.3) is 5.91 Å². The average Bonchev–Trinajstić information content (AvgIpc) is 3.04. The van der Waals surface area contributed by atoms with Gasteiger partial charge in [0.2, 0.25) is 0 Å². The number of aromatic nitrogens is 1. The number of aryl methyl sites for hydroxylation is 1. The number of nitrogens with zero attached hydrogens (tertiary/aromatic N) is 1. The van der Waals surface area contributed by atoms with Crippen molar-refractivity contribution in [2.45, 2.75) is 13.5 Å². The number of benzene rings is 1. The van der Waals surface area contributed by atoms with Gasteiger partial charge in [0.1, 0.15) is 5.58 Å². The standard InChI is InChI=1S/C15H14N2O3S/c1-9-7-16-15(21-9)17-14(18)13-11(8-19-2)10-5-3-4-6-12(10)20-13/h3-7H,8H2,1-2H3,(H,16,17,18). The summed E-state index contributed by atoms with van der Waals surface area (Å²) < 4.78 is 10.9. The van der Waals surface area contributed by atoms with Gasteiger partial charge < -0.3 is 9.15 Å². The number of thiazole rings is 1. The third kappa shape index (κ3) is 2.68. The predicted octanol–water partition coefficient (Wildman–Crippen LogP) is 3.60. The van der Waals surface area contributed by atoms with E-state index in [1.165, 1.54) is 11.3 Å². The summed E-state index contributed by atoms with van der Waals surface area (Å²) in [5.41, 5.74) is 1.42. The van der Waals surface area contributed by atoms with E-state index in [0.717, 1.165) is 15.8 Å². The first-order chi connectivity index (χ1) is 10.2. The van der Waals surface area contributed by atoms with Crippen LogP contribution in [0.25, 0.3) is 11.0 Å². The molecule has 1 N–H and O–H groups in total. The van der Waals surface area contributed by atoms with Crippen molar-refractivity contribution in [3.05, 3.63) is 46.7 Å². The SMILES string of the molecule is COCc1c(C(=O)Nc2ncc(C)s2)oc2ccccc12. The maximum Gasteiger partial charge on any atom is 0.293 e. The Morgan fingerprint density at radius 3 is 2.95 bits per heavy atom. The molecule has 6 heteroatoms. The second kappa shape index (κ2) is 5.67. The molecule has 0 aliphatic heterocycles. The molecule has 0 saturated carbocycles. The van der Waals surface area contributed by atoms with Gasteiger partial charge in [-0.1, -0.05) is 18.2 Å². The Balaban J connectivity index is 1.98. The summed E-state index contributed by atoms with van der Waals surface area (Å²) in [4.78, 5) is 17.6. The van der Waals surface area contributed by atoms with E-state index in [-0.39, 0.29) is 11.7 Å². The van der Waals surface area contributed by atoms with E-state index >= 15 is 0 Å². The van der Waals surface area contributed by atoms with Crippen LogP contribution in [0.15, 0.2) is 34.9 Å². The lowest BCUT2D eigenvalue weighted by Crippen LogP contribution is -2.13. The zero-order valence-electron chi connectivity index (χ0n) is 11.7. The van der Waals surface area contributed by atoms with E-state index < -0.39 is 0 Å². The van der Waals surface area contributed by atoms with Gasteiger partial charge in [-0.25, -0.2) is 4.98 Å². The first-order valence-electron chi connectivity index (χ1n) is 6.42. The average molecular weight is 302 g/mol. The highest BCUT2D eigenvalue weighted by molar-refractivity contribution is 7.15. The Bertz CT molecular complexity index is 791. The molecule has 0 unspecified atom stereocenters. The minimum absolute atomic E-state index is 0.269. The molecule has 0 atom stereocenters. The number of furan rings is 1. The lowest BCUT2D eigenvalue weighted by atomic mass is 10.1. The molecule has 0 saturated heterocycles. The molecule has 3 rings (SSSR count). The van der Waals surface area contributed by atoms with E-state index in [0.29, 0.717) is 17.3 Å². The summed E-state index contributed by atoms with van der Waals surface area (Å²) in [6.07, 6.45) is 1.72. The van der Waals surface area contributed by atoms with Gasteiger partial charge in [0.05, 0.1) is 6.61 Å². The van der Waals surface area contributed by atoms with Crippen molar-refractivity contribution in [2.75, 3.05) is 12.4 Å². The molecule has 0 aliphatic carbocycles. The van der Waals surface area contributed by atoms with E-state index in [1.54, 1.807) is 13.3 Å². The summed E-state index contributed by atoms with van der Waals surface area (Å²) in [6.45, 7) is 2.25. The molecule has 1 aromatic carbocycles. The maximum atomic E-state index is 12.4. The number of fused-ring (bicyclic) bond motifs is 1. The highest BCUT2D eigenvalue weighted by Crippen LogP contribution is 2.27. The van der Waals surface area contributed by atoms with Crippen molar-refractivity contribution >= 4 is 33.3 Å². The quantitative estimate of drug-likeness (QED) is 0.800. The second-order valence-electron chi connectivity index (χ2n) is 4.57. The number of amides is 1. The van der Waals surface area contributed by atoms with Gasteiger partial charge in [-0.05, 0) is 13.0 Å². The Morgan fingerprint density at radius 1 is 1.43 bits per heavy atom. The van der Waals surface area contributed by atoms with Crippen LogP contribution < -0.4 is 5.32 Å². The molecule has 2 heterocycles. The van der Waals surface area contributed by atoms with Crippen molar-refractivity contribution in [3.63, 3.8) is 0 Å². The molecule has 2 aromatic heterocycles. The molecule has 1 amide bonds. The van der Waals surface area contributed by atoms with Crippen LogP contribution in [-0.2, 0) is 11.3 Å². The van der Waals surface area contributed by atoms with Crippen LogP contribution in [0, 0.1) is 6.92 Å². The first kappa shape index (κ1) is 13.8. The molecule has 3 aromatic rings. The molecule has 0 aliphatic rings. The van der Waals surface area contributed by atoms with Gasteiger partial charge in [0, 0.05) is 29.1 Å². The van der Waals surface area contributed by atoms with E-state index in [2.05, 4.69) is 10.3 Å². The summed E-state index contributed by atoms with van der Waals surface area (Å²) in [7, 11) is 1.59. The van der Waals surface area contributed by atoms with Crippen LogP contribution in [0.4, 0.5) is 5.13 Å². The summed E-state index contributed by atoms with van der Waals surface area (Å²) in [6, 6.07) is 7.52. The van der Waals surface area contributed by atoms with E-state index in [4.69, 9.17) is 9.15 Å². The normalized spacial score (nSPS) is 11.0. The summed E-state index contributed by atoms with van der Waals surface area (Å²) in [5, 5.41) is 4.20. The number of rotatable bonds is 4. The predicted molar refractivity (Wildman–Crippen MR) is 81.7 cm³/mol. The Morgan fingerprint density at radius 2 is 2.24 bits per heavy atom. The zero-order chi connectivity index (χ0) is 14.8. The molecular formula is C15H14N2O3S. The van der Waals surface area contributed by atoms with Crippen molar-refractivity contribution in [3.8, 4) is 0 Å². The fraction of sp³-hybridized carbons (Fsp3) is 0.200. The van der Waals surface area contributed by atoms with Crippen LogP contribution in [0.2, 0.25) is 0 Å². The largest absolute Gasteiger partial charge is 0.451 e. The number of carbonyl (C=O) groups is 1. The fourth-order valence-corrected chi connectivity index (χ4v) is 2.80.